The van der Waals surface area contributed by atoms with Gasteiger partial charge in [0.2, 0.25) is 5.88 Å². The highest BCUT2D eigenvalue weighted by atomic mass is 16.5. The van der Waals surface area contributed by atoms with E-state index >= 15 is 0 Å². The number of nitrogens with one attached hydrogen (secondary N) is 1. The van der Waals surface area contributed by atoms with Crippen molar-refractivity contribution in [3.8, 4) is 17.4 Å². The summed E-state index contributed by atoms with van der Waals surface area (Å²) in [6.07, 6.45) is 4.63. The van der Waals surface area contributed by atoms with E-state index < -0.39 is 0 Å². The van der Waals surface area contributed by atoms with E-state index in [4.69, 9.17) is 9.47 Å². The molecule has 3 rings (SSSR count). The van der Waals surface area contributed by atoms with Gasteiger partial charge in [-0.2, -0.15) is 0 Å². The first-order valence-corrected chi connectivity index (χ1v) is 8.14. The number of carbonyl (C=O) groups excluding carboxylic acids is 1. The van der Waals surface area contributed by atoms with Crippen molar-refractivity contribution in [3.05, 3.63) is 72.2 Å². The SMILES string of the molecule is Cc1ccc(C)c(OCC(=O)Nc2cccc(Oc3cnccn3)c2)c1. The van der Waals surface area contributed by atoms with Crippen LogP contribution in [0.1, 0.15) is 11.1 Å². The number of hydrogen-bond acceptors (Lipinski definition) is 5. The van der Waals surface area contributed by atoms with E-state index in [1.165, 1.54) is 6.20 Å². The van der Waals surface area contributed by atoms with E-state index in [0.717, 1.165) is 11.1 Å². The smallest absolute Gasteiger partial charge is 0.262 e. The van der Waals surface area contributed by atoms with E-state index in [-0.39, 0.29) is 12.5 Å². The Balaban J connectivity index is 1.59. The third-order valence-corrected chi connectivity index (χ3v) is 3.58. The van der Waals surface area contributed by atoms with Crippen LogP contribution >= 0.6 is 0 Å². The Morgan fingerprint density at radius 2 is 2.00 bits per heavy atom. The van der Waals surface area contributed by atoms with Crippen molar-refractivity contribution < 1.29 is 14.3 Å². The molecule has 0 fully saturated rings. The largest absolute Gasteiger partial charge is 0.483 e. The third-order valence-electron chi connectivity index (χ3n) is 3.58. The molecule has 0 radical (unpaired) electrons. The fourth-order valence-electron chi connectivity index (χ4n) is 2.30. The quantitative estimate of drug-likeness (QED) is 0.730. The summed E-state index contributed by atoms with van der Waals surface area (Å²) in [5, 5.41) is 2.79. The zero-order valence-corrected chi connectivity index (χ0v) is 14.6. The lowest BCUT2D eigenvalue weighted by Crippen LogP contribution is -2.20. The molecule has 0 saturated heterocycles. The topological polar surface area (TPSA) is 73.3 Å². The van der Waals surface area contributed by atoms with Gasteiger partial charge in [0.05, 0.1) is 6.20 Å². The van der Waals surface area contributed by atoms with Crippen LogP contribution in [-0.4, -0.2) is 22.5 Å². The fraction of sp³-hybridized carbons (Fsp3) is 0.150. The van der Waals surface area contributed by atoms with Gasteiger partial charge in [-0.3, -0.25) is 9.78 Å². The van der Waals surface area contributed by atoms with Crippen molar-refractivity contribution in [2.75, 3.05) is 11.9 Å². The van der Waals surface area contributed by atoms with Gasteiger partial charge in [0.25, 0.3) is 5.91 Å². The highest BCUT2D eigenvalue weighted by Gasteiger charge is 2.07. The van der Waals surface area contributed by atoms with Crippen LogP contribution in [0.5, 0.6) is 17.4 Å². The lowest BCUT2D eigenvalue weighted by atomic mass is 10.1. The second kappa shape index (κ2) is 8.11. The average Bonchev–Trinajstić information content (AvgIpc) is 2.64. The summed E-state index contributed by atoms with van der Waals surface area (Å²) in [6, 6.07) is 12.9. The molecule has 0 spiro atoms. The Kier molecular flexibility index (Phi) is 5.43. The number of aryl methyl sites for hydroxylation is 2. The number of benzene rings is 2. The van der Waals surface area contributed by atoms with Crippen LogP contribution in [0.4, 0.5) is 5.69 Å². The van der Waals surface area contributed by atoms with Crippen molar-refractivity contribution in [2.24, 2.45) is 0 Å². The van der Waals surface area contributed by atoms with Gasteiger partial charge in [-0.1, -0.05) is 18.2 Å². The molecule has 0 saturated carbocycles. The Morgan fingerprint density at radius 3 is 2.81 bits per heavy atom. The molecule has 0 atom stereocenters. The number of nitrogens with zero attached hydrogens (tertiary/aromatic N) is 2. The van der Waals surface area contributed by atoms with Crippen molar-refractivity contribution >= 4 is 11.6 Å². The van der Waals surface area contributed by atoms with Gasteiger partial charge in [-0.15, -0.1) is 0 Å². The van der Waals surface area contributed by atoms with E-state index in [1.54, 1.807) is 36.7 Å². The maximum Gasteiger partial charge on any atom is 0.262 e. The molecule has 0 aliphatic heterocycles. The molecular formula is C20H19N3O3. The molecule has 1 N–H and O–H groups in total. The number of rotatable bonds is 6. The summed E-state index contributed by atoms with van der Waals surface area (Å²) in [4.78, 5) is 20.1. The summed E-state index contributed by atoms with van der Waals surface area (Å²) in [5.74, 6) is 1.40. The van der Waals surface area contributed by atoms with Gasteiger partial charge in [0.1, 0.15) is 11.5 Å². The minimum Gasteiger partial charge on any atom is -0.483 e. The lowest BCUT2D eigenvalue weighted by Gasteiger charge is -2.11. The summed E-state index contributed by atoms with van der Waals surface area (Å²) < 4.78 is 11.2. The Hall–Kier alpha value is -3.41. The zero-order valence-electron chi connectivity index (χ0n) is 14.6. The highest BCUT2D eigenvalue weighted by Crippen LogP contribution is 2.22. The third kappa shape index (κ3) is 4.80. The molecule has 0 unspecified atom stereocenters. The molecule has 2 aromatic carbocycles. The maximum absolute atomic E-state index is 12.2. The fourth-order valence-corrected chi connectivity index (χ4v) is 2.30. The molecule has 0 aliphatic rings. The monoisotopic (exact) mass is 349 g/mol. The van der Waals surface area contributed by atoms with E-state index in [1.807, 2.05) is 32.0 Å². The van der Waals surface area contributed by atoms with Crippen LogP contribution in [0.15, 0.2) is 61.1 Å². The van der Waals surface area contributed by atoms with Gasteiger partial charge >= 0.3 is 0 Å². The van der Waals surface area contributed by atoms with E-state index in [9.17, 15) is 4.79 Å². The van der Waals surface area contributed by atoms with Crippen molar-refractivity contribution in [1.82, 2.24) is 9.97 Å². The first-order valence-electron chi connectivity index (χ1n) is 8.14. The minimum atomic E-state index is -0.248. The predicted octanol–water partition coefficient (Wildman–Crippen LogP) is 3.90. The Morgan fingerprint density at radius 1 is 1.12 bits per heavy atom. The zero-order chi connectivity index (χ0) is 18.4. The molecular weight excluding hydrogens is 330 g/mol. The normalized spacial score (nSPS) is 10.2. The number of amides is 1. The van der Waals surface area contributed by atoms with Gasteiger partial charge < -0.3 is 14.8 Å². The van der Waals surface area contributed by atoms with E-state index in [0.29, 0.717) is 23.1 Å². The van der Waals surface area contributed by atoms with Crippen molar-refractivity contribution in [3.63, 3.8) is 0 Å². The number of anilines is 1. The molecule has 0 aliphatic carbocycles. The molecule has 6 nitrogen and oxygen atoms in total. The molecule has 132 valence electrons. The number of carbonyl (C=O) groups is 1. The van der Waals surface area contributed by atoms with E-state index in [2.05, 4.69) is 15.3 Å². The molecule has 26 heavy (non-hydrogen) atoms. The van der Waals surface area contributed by atoms with Gasteiger partial charge in [-0.05, 0) is 43.2 Å². The second-order valence-corrected chi connectivity index (χ2v) is 5.78. The Labute approximate surface area is 151 Å². The molecule has 6 heteroatoms. The summed E-state index contributed by atoms with van der Waals surface area (Å²) in [7, 11) is 0. The number of ether oxygens (including phenoxy) is 2. The number of aromatic nitrogens is 2. The van der Waals surface area contributed by atoms with Gasteiger partial charge in [0.15, 0.2) is 6.61 Å². The van der Waals surface area contributed by atoms with Crippen LogP contribution in [-0.2, 0) is 4.79 Å². The predicted molar refractivity (Wildman–Crippen MR) is 98.6 cm³/mol. The Bertz CT molecular complexity index is 898. The standard InChI is InChI=1S/C20H19N3O3/c1-14-6-7-15(2)18(10-14)25-13-19(24)23-16-4-3-5-17(11-16)26-20-12-21-8-9-22-20/h3-12H,13H2,1-2H3,(H,23,24). The lowest BCUT2D eigenvalue weighted by molar-refractivity contribution is -0.118. The first-order chi connectivity index (χ1) is 12.6. The first kappa shape index (κ1) is 17.4. The van der Waals surface area contributed by atoms with Crippen LogP contribution in [0.25, 0.3) is 0 Å². The molecule has 1 amide bonds. The average molecular weight is 349 g/mol. The minimum absolute atomic E-state index is 0.0699. The number of hydrogen-bond donors (Lipinski definition) is 1. The van der Waals surface area contributed by atoms with Crippen LogP contribution in [0.2, 0.25) is 0 Å². The summed E-state index contributed by atoms with van der Waals surface area (Å²) in [6.45, 7) is 3.86. The summed E-state index contributed by atoms with van der Waals surface area (Å²) in [5.41, 5.74) is 2.68. The molecule has 3 aromatic rings. The molecule has 1 aromatic heterocycles. The van der Waals surface area contributed by atoms with Crippen molar-refractivity contribution in [1.29, 1.82) is 0 Å². The summed E-state index contributed by atoms with van der Waals surface area (Å²) >= 11 is 0. The van der Waals surface area contributed by atoms with Crippen molar-refractivity contribution in [2.45, 2.75) is 13.8 Å². The van der Waals surface area contributed by atoms with Crippen LogP contribution < -0.4 is 14.8 Å². The second-order valence-electron chi connectivity index (χ2n) is 5.78. The van der Waals surface area contributed by atoms with Gasteiger partial charge in [-0.25, -0.2) is 4.98 Å². The van der Waals surface area contributed by atoms with Crippen LogP contribution in [0.3, 0.4) is 0 Å². The van der Waals surface area contributed by atoms with Crippen LogP contribution in [0, 0.1) is 13.8 Å². The highest BCUT2D eigenvalue weighted by molar-refractivity contribution is 5.92. The maximum atomic E-state index is 12.2. The molecule has 0 bridgehead atoms. The van der Waals surface area contributed by atoms with Gasteiger partial charge in [0, 0.05) is 24.1 Å². The molecule has 1 heterocycles.